The van der Waals surface area contributed by atoms with Crippen molar-refractivity contribution in [1.29, 1.82) is 0 Å². The van der Waals surface area contributed by atoms with Crippen LogP contribution < -0.4 is 0 Å². The molecule has 0 saturated heterocycles. The Hall–Kier alpha value is -1.04. The summed E-state index contributed by atoms with van der Waals surface area (Å²) in [7, 11) is 0. The molecule has 0 aliphatic heterocycles. The highest BCUT2D eigenvalue weighted by atomic mass is 14.4. The maximum atomic E-state index is 2.65. The fourth-order valence-electron chi connectivity index (χ4n) is 5.38. The molecule has 1 unspecified atom stereocenters. The van der Waals surface area contributed by atoms with E-state index in [4.69, 9.17) is 0 Å². The van der Waals surface area contributed by atoms with E-state index in [0.717, 1.165) is 0 Å². The van der Waals surface area contributed by atoms with Crippen molar-refractivity contribution in [3.05, 3.63) is 39.0 Å². The molecule has 1 aliphatic rings. The summed E-state index contributed by atoms with van der Waals surface area (Å²) in [6.07, 6.45) is 18.0. The summed E-state index contributed by atoms with van der Waals surface area (Å²) in [5.74, 6) is 0.702. The van der Waals surface area contributed by atoms with Gasteiger partial charge in [-0.05, 0) is 71.9 Å². The smallest absolute Gasteiger partial charge is 0.00602 e. The quantitative estimate of drug-likeness (QED) is 0.346. The van der Waals surface area contributed by atoms with Crippen molar-refractivity contribution in [1.82, 2.24) is 0 Å². The van der Waals surface area contributed by atoms with Crippen LogP contribution in [-0.2, 0) is 25.7 Å². The molecule has 0 heteroatoms. The molecule has 1 aromatic carbocycles. The van der Waals surface area contributed by atoms with Crippen LogP contribution in [0.4, 0.5) is 0 Å². The molecule has 0 spiro atoms. The van der Waals surface area contributed by atoms with Gasteiger partial charge in [-0.2, -0.15) is 0 Å². The summed E-state index contributed by atoms with van der Waals surface area (Å²) >= 11 is 0. The lowest BCUT2D eigenvalue weighted by Gasteiger charge is -2.27. The van der Waals surface area contributed by atoms with Crippen LogP contribution in [0.15, 0.2) is 5.57 Å². The molecule has 0 aromatic heterocycles. The van der Waals surface area contributed by atoms with Crippen molar-refractivity contribution in [3.63, 3.8) is 0 Å². The predicted molar refractivity (Wildman–Crippen MR) is 123 cm³/mol. The Balaban J connectivity index is 2.79. The minimum Gasteiger partial charge on any atom is -0.0653 e. The number of benzene rings is 1. The van der Waals surface area contributed by atoms with E-state index in [1.54, 1.807) is 39.0 Å². The molecule has 0 N–H and O–H groups in total. The van der Waals surface area contributed by atoms with Gasteiger partial charge in [0, 0.05) is 5.92 Å². The van der Waals surface area contributed by atoms with E-state index in [9.17, 15) is 0 Å². The fraction of sp³-hybridized carbons (Fsp3) is 0.704. The first-order valence-corrected chi connectivity index (χ1v) is 12.1. The molecule has 0 radical (unpaired) electrons. The zero-order chi connectivity index (χ0) is 19.8. The zero-order valence-electron chi connectivity index (χ0n) is 19.1. The number of rotatable bonds is 12. The SMILES string of the molecule is CCCC1=Cc2c(CCC)c(CCC)c(CCC)c(CCC)c2C1CCC. The van der Waals surface area contributed by atoms with Gasteiger partial charge in [-0.25, -0.2) is 0 Å². The van der Waals surface area contributed by atoms with E-state index in [0.29, 0.717) is 5.92 Å². The molecule has 2 rings (SSSR count). The lowest BCUT2D eigenvalue weighted by atomic mass is 9.77. The van der Waals surface area contributed by atoms with Gasteiger partial charge in [-0.15, -0.1) is 0 Å². The Bertz CT molecular complexity index is 632. The van der Waals surface area contributed by atoms with Gasteiger partial charge >= 0.3 is 0 Å². The fourth-order valence-corrected chi connectivity index (χ4v) is 5.38. The summed E-state index contributed by atoms with van der Waals surface area (Å²) in [6.45, 7) is 14.2. The van der Waals surface area contributed by atoms with E-state index in [1.807, 2.05) is 0 Å². The lowest BCUT2D eigenvalue weighted by molar-refractivity contribution is 0.655. The predicted octanol–water partition coefficient (Wildman–Crippen LogP) is 8.58. The van der Waals surface area contributed by atoms with Crippen molar-refractivity contribution >= 4 is 6.08 Å². The Morgan fingerprint density at radius 2 is 1.04 bits per heavy atom. The Kier molecular flexibility index (Phi) is 9.13. The molecular weight excluding hydrogens is 324 g/mol. The minimum atomic E-state index is 0.702. The highest BCUT2D eigenvalue weighted by Crippen LogP contribution is 2.47. The molecule has 1 aliphatic carbocycles. The number of allylic oxidation sites excluding steroid dienone is 1. The summed E-state index contributed by atoms with van der Waals surface area (Å²) in [5, 5.41) is 0. The van der Waals surface area contributed by atoms with Gasteiger partial charge in [0.05, 0.1) is 0 Å². The second-order valence-corrected chi connectivity index (χ2v) is 8.55. The topological polar surface area (TPSA) is 0 Å². The van der Waals surface area contributed by atoms with Crippen LogP contribution in [0.25, 0.3) is 6.08 Å². The molecule has 27 heavy (non-hydrogen) atoms. The van der Waals surface area contributed by atoms with E-state index < -0.39 is 0 Å². The molecular formula is C27H44. The van der Waals surface area contributed by atoms with Gasteiger partial charge in [0.2, 0.25) is 0 Å². The van der Waals surface area contributed by atoms with Crippen molar-refractivity contribution in [2.45, 2.75) is 125 Å². The third-order valence-electron chi connectivity index (χ3n) is 6.28. The Labute approximate surface area is 169 Å². The normalized spacial score (nSPS) is 15.9. The lowest BCUT2D eigenvalue weighted by Crippen LogP contribution is -2.13. The second-order valence-electron chi connectivity index (χ2n) is 8.55. The zero-order valence-corrected chi connectivity index (χ0v) is 19.1. The molecule has 1 aromatic rings. The molecule has 1 atom stereocenters. The van der Waals surface area contributed by atoms with Gasteiger partial charge in [-0.3, -0.25) is 0 Å². The summed E-state index contributed by atoms with van der Waals surface area (Å²) in [4.78, 5) is 0. The minimum absolute atomic E-state index is 0.702. The largest absolute Gasteiger partial charge is 0.0653 e. The number of fused-ring (bicyclic) bond motifs is 1. The third-order valence-corrected chi connectivity index (χ3v) is 6.28. The first-order chi connectivity index (χ1) is 13.2. The second kappa shape index (κ2) is 11.1. The van der Waals surface area contributed by atoms with Gasteiger partial charge in [-0.1, -0.05) is 91.7 Å². The highest BCUT2D eigenvalue weighted by Gasteiger charge is 2.31. The monoisotopic (exact) mass is 368 g/mol. The van der Waals surface area contributed by atoms with Crippen LogP contribution in [0.2, 0.25) is 0 Å². The van der Waals surface area contributed by atoms with E-state index in [1.165, 1.54) is 77.0 Å². The molecule has 0 nitrogen and oxygen atoms in total. The van der Waals surface area contributed by atoms with Crippen LogP contribution in [0.5, 0.6) is 0 Å². The van der Waals surface area contributed by atoms with Crippen molar-refractivity contribution < 1.29 is 0 Å². The molecule has 0 saturated carbocycles. The molecule has 152 valence electrons. The van der Waals surface area contributed by atoms with Crippen molar-refractivity contribution in [2.75, 3.05) is 0 Å². The summed E-state index contributed by atoms with van der Waals surface area (Å²) in [5.41, 5.74) is 12.2. The average molecular weight is 369 g/mol. The van der Waals surface area contributed by atoms with Gasteiger partial charge in [0.1, 0.15) is 0 Å². The van der Waals surface area contributed by atoms with Crippen LogP contribution in [0, 0.1) is 0 Å². The Morgan fingerprint density at radius 1 is 0.556 bits per heavy atom. The summed E-state index contributed by atoms with van der Waals surface area (Å²) in [6, 6.07) is 0. The Morgan fingerprint density at radius 3 is 1.56 bits per heavy atom. The summed E-state index contributed by atoms with van der Waals surface area (Å²) < 4.78 is 0. The third kappa shape index (κ3) is 4.69. The van der Waals surface area contributed by atoms with Crippen molar-refractivity contribution in [2.24, 2.45) is 0 Å². The van der Waals surface area contributed by atoms with E-state index in [-0.39, 0.29) is 0 Å². The van der Waals surface area contributed by atoms with Crippen LogP contribution in [0.3, 0.4) is 0 Å². The number of hydrogen-bond donors (Lipinski definition) is 0. The van der Waals surface area contributed by atoms with Gasteiger partial charge in [0.25, 0.3) is 0 Å². The first-order valence-electron chi connectivity index (χ1n) is 12.1. The number of hydrogen-bond acceptors (Lipinski definition) is 0. The van der Waals surface area contributed by atoms with E-state index in [2.05, 4.69) is 47.6 Å². The maximum Gasteiger partial charge on any atom is 0.00602 e. The highest BCUT2D eigenvalue weighted by molar-refractivity contribution is 5.74. The van der Waals surface area contributed by atoms with Crippen LogP contribution >= 0.6 is 0 Å². The van der Waals surface area contributed by atoms with Gasteiger partial charge < -0.3 is 0 Å². The molecule has 0 bridgehead atoms. The molecule has 0 heterocycles. The van der Waals surface area contributed by atoms with Gasteiger partial charge in [0.15, 0.2) is 0 Å². The van der Waals surface area contributed by atoms with Crippen LogP contribution in [0.1, 0.15) is 132 Å². The van der Waals surface area contributed by atoms with E-state index >= 15 is 0 Å². The van der Waals surface area contributed by atoms with Crippen LogP contribution in [-0.4, -0.2) is 0 Å². The average Bonchev–Trinajstić information content (AvgIpc) is 3.00. The maximum absolute atomic E-state index is 2.65. The molecule has 0 amide bonds. The van der Waals surface area contributed by atoms with Crippen molar-refractivity contribution in [3.8, 4) is 0 Å². The standard InChI is InChI=1S/C27H44/c1-7-13-20-19-26-24(17-11-5)22(15-9-3)23(16-10-4)25(18-12-6)27(26)21(20)14-8-2/h19,21H,7-18H2,1-6H3. The molecule has 0 fully saturated rings. The first kappa shape index (κ1) is 22.3.